The Kier molecular flexibility index (Phi) is 4.66. The summed E-state index contributed by atoms with van der Waals surface area (Å²) in [6, 6.07) is 5.93. The Labute approximate surface area is 130 Å². The monoisotopic (exact) mass is 308 g/mol. The second-order valence-electron chi connectivity index (χ2n) is 5.45. The maximum absolute atomic E-state index is 6.03. The van der Waals surface area contributed by atoms with Crippen LogP contribution in [0.2, 0.25) is 0 Å². The van der Waals surface area contributed by atoms with Crippen LogP contribution in [0.25, 0.3) is 11.0 Å². The topological polar surface area (TPSA) is 36.3 Å². The van der Waals surface area contributed by atoms with Crippen molar-refractivity contribution in [1.29, 1.82) is 0 Å². The number of alkyl halides is 1. The highest BCUT2D eigenvalue weighted by Gasteiger charge is 2.16. The highest BCUT2D eigenvalue weighted by atomic mass is 35.5. The highest BCUT2D eigenvalue weighted by Crippen LogP contribution is 2.24. The minimum atomic E-state index is 0.403. The van der Waals surface area contributed by atoms with Gasteiger partial charge in [-0.15, -0.1) is 11.6 Å². The minimum absolute atomic E-state index is 0.403. The van der Waals surface area contributed by atoms with Gasteiger partial charge in [-0.2, -0.15) is 0 Å². The van der Waals surface area contributed by atoms with Gasteiger partial charge in [-0.1, -0.05) is 12.8 Å². The van der Waals surface area contributed by atoms with E-state index < -0.39 is 0 Å². The van der Waals surface area contributed by atoms with Gasteiger partial charge in [-0.25, -0.2) is 4.98 Å². The molecule has 3 rings (SSSR count). The van der Waals surface area contributed by atoms with Crippen molar-refractivity contribution in [3.63, 3.8) is 0 Å². The smallest absolute Gasteiger partial charge is 0.124 e. The standard InChI is InChI=1S/C16H21ClN2O2/c1-20-13-6-7-15-14(10-13)18-16(11-17)19(15)8-9-21-12-4-2-3-5-12/h6-7,10,12H,2-5,8-9,11H2,1H3. The van der Waals surface area contributed by atoms with E-state index in [4.69, 9.17) is 21.1 Å². The molecule has 1 heterocycles. The van der Waals surface area contributed by atoms with Crippen LogP contribution in [0.15, 0.2) is 18.2 Å². The van der Waals surface area contributed by atoms with Gasteiger partial charge in [0.05, 0.1) is 36.7 Å². The summed E-state index contributed by atoms with van der Waals surface area (Å²) < 4.78 is 13.3. The molecular weight excluding hydrogens is 288 g/mol. The third-order valence-electron chi connectivity index (χ3n) is 4.12. The Morgan fingerprint density at radius 3 is 2.86 bits per heavy atom. The fourth-order valence-electron chi connectivity index (χ4n) is 3.00. The van der Waals surface area contributed by atoms with Gasteiger partial charge < -0.3 is 14.0 Å². The van der Waals surface area contributed by atoms with Crippen LogP contribution in [0.1, 0.15) is 31.5 Å². The predicted molar refractivity (Wildman–Crippen MR) is 84.1 cm³/mol. The Bertz CT molecular complexity index is 606. The molecule has 114 valence electrons. The van der Waals surface area contributed by atoms with Gasteiger partial charge in [0.25, 0.3) is 0 Å². The van der Waals surface area contributed by atoms with E-state index in [-0.39, 0.29) is 0 Å². The molecule has 1 saturated carbocycles. The summed E-state index contributed by atoms with van der Waals surface area (Å²) in [6.45, 7) is 1.51. The third-order valence-corrected chi connectivity index (χ3v) is 4.36. The molecule has 5 heteroatoms. The number of ether oxygens (including phenoxy) is 2. The quantitative estimate of drug-likeness (QED) is 0.763. The average Bonchev–Trinajstić information content (AvgIpc) is 3.14. The SMILES string of the molecule is COc1ccc2c(c1)nc(CCl)n2CCOC1CCCC1. The van der Waals surface area contributed by atoms with Gasteiger partial charge in [0.2, 0.25) is 0 Å². The molecule has 0 atom stereocenters. The molecule has 0 aliphatic heterocycles. The normalized spacial score (nSPS) is 15.9. The molecule has 0 N–H and O–H groups in total. The predicted octanol–water partition coefficient (Wildman–Crippen LogP) is 3.74. The first-order chi connectivity index (χ1) is 10.3. The van der Waals surface area contributed by atoms with Crippen LogP contribution in [0.5, 0.6) is 5.75 Å². The van der Waals surface area contributed by atoms with E-state index in [2.05, 4.69) is 9.55 Å². The molecule has 1 aliphatic rings. The summed E-state index contributed by atoms with van der Waals surface area (Å²) in [5.74, 6) is 2.10. The molecule has 4 nitrogen and oxygen atoms in total. The number of hydrogen-bond acceptors (Lipinski definition) is 3. The molecule has 1 aromatic heterocycles. The van der Waals surface area contributed by atoms with Gasteiger partial charge in [-0.05, 0) is 25.0 Å². The van der Waals surface area contributed by atoms with Gasteiger partial charge in [0.15, 0.2) is 0 Å². The number of fused-ring (bicyclic) bond motifs is 1. The summed E-state index contributed by atoms with van der Waals surface area (Å²) >= 11 is 6.03. The maximum Gasteiger partial charge on any atom is 0.124 e. The lowest BCUT2D eigenvalue weighted by Crippen LogP contribution is -2.14. The van der Waals surface area contributed by atoms with Crippen LogP contribution < -0.4 is 4.74 Å². The minimum Gasteiger partial charge on any atom is -0.497 e. The number of halogens is 1. The molecule has 0 unspecified atom stereocenters. The summed E-state index contributed by atoms with van der Waals surface area (Å²) in [7, 11) is 1.66. The molecule has 2 aromatic rings. The highest BCUT2D eigenvalue weighted by molar-refractivity contribution is 6.16. The first kappa shape index (κ1) is 14.7. The lowest BCUT2D eigenvalue weighted by atomic mass is 10.3. The summed E-state index contributed by atoms with van der Waals surface area (Å²) in [4.78, 5) is 4.59. The van der Waals surface area contributed by atoms with E-state index in [0.717, 1.165) is 29.2 Å². The van der Waals surface area contributed by atoms with Crippen molar-refractivity contribution < 1.29 is 9.47 Å². The fourth-order valence-corrected chi connectivity index (χ4v) is 3.21. The summed E-state index contributed by atoms with van der Waals surface area (Å²) in [5.41, 5.74) is 2.01. The first-order valence-electron chi connectivity index (χ1n) is 7.52. The van der Waals surface area contributed by atoms with E-state index in [1.54, 1.807) is 7.11 Å². The number of hydrogen-bond donors (Lipinski definition) is 0. The van der Waals surface area contributed by atoms with Gasteiger partial charge in [0, 0.05) is 12.6 Å². The number of rotatable bonds is 6. The van der Waals surface area contributed by atoms with Crippen molar-refractivity contribution >= 4 is 22.6 Å². The number of imidazole rings is 1. The van der Waals surface area contributed by atoms with Crippen molar-refractivity contribution in [3.8, 4) is 5.75 Å². The van der Waals surface area contributed by atoms with E-state index in [1.165, 1.54) is 25.7 Å². The Morgan fingerprint density at radius 1 is 1.33 bits per heavy atom. The molecule has 1 fully saturated rings. The van der Waals surface area contributed by atoms with Crippen LogP contribution in [0, 0.1) is 0 Å². The van der Waals surface area contributed by atoms with Gasteiger partial charge in [-0.3, -0.25) is 0 Å². The summed E-state index contributed by atoms with van der Waals surface area (Å²) in [5, 5.41) is 0. The maximum atomic E-state index is 6.03. The third kappa shape index (κ3) is 3.16. The van der Waals surface area contributed by atoms with E-state index >= 15 is 0 Å². The van der Waals surface area contributed by atoms with Crippen LogP contribution in [0.4, 0.5) is 0 Å². The van der Waals surface area contributed by atoms with Gasteiger partial charge in [0.1, 0.15) is 11.6 Å². The molecule has 1 aliphatic carbocycles. The second kappa shape index (κ2) is 6.67. The summed E-state index contributed by atoms with van der Waals surface area (Å²) in [6.07, 6.45) is 5.44. The lowest BCUT2D eigenvalue weighted by Gasteiger charge is -2.13. The number of methoxy groups -OCH3 is 1. The molecule has 0 spiro atoms. The van der Waals surface area contributed by atoms with Crippen molar-refractivity contribution in [3.05, 3.63) is 24.0 Å². The Hall–Kier alpha value is -1.26. The number of aromatic nitrogens is 2. The van der Waals surface area contributed by atoms with Crippen molar-refractivity contribution in [2.75, 3.05) is 13.7 Å². The first-order valence-corrected chi connectivity index (χ1v) is 8.06. The van der Waals surface area contributed by atoms with Crippen molar-refractivity contribution in [2.45, 2.75) is 44.2 Å². The molecule has 0 bridgehead atoms. The molecule has 0 saturated heterocycles. The van der Waals surface area contributed by atoms with Crippen LogP contribution >= 0.6 is 11.6 Å². The zero-order valence-corrected chi connectivity index (χ0v) is 13.1. The van der Waals surface area contributed by atoms with Crippen molar-refractivity contribution in [2.24, 2.45) is 0 Å². The van der Waals surface area contributed by atoms with Gasteiger partial charge >= 0.3 is 0 Å². The largest absolute Gasteiger partial charge is 0.497 e. The van der Waals surface area contributed by atoms with Crippen LogP contribution in [-0.2, 0) is 17.2 Å². The Balaban J connectivity index is 1.75. The molecular formula is C16H21ClN2O2. The molecule has 0 radical (unpaired) electrons. The van der Waals surface area contributed by atoms with E-state index in [9.17, 15) is 0 Å². The number of nitrogens with zero attached hydrogens (tertiary/aromatic N) is 2. The number of benzene rings is 1. The van der Waals surface area contributed by atoms with Crippen molar-refractivity contribution in [1.82, 2.24) is 9.55 Å². The molecule has 0 amide bonds. The van der Waals surface area contributed by atoms with Crippen LogP contribution in [0.3, 0.4) is 0 Å². The zero-order chi connectivity index (χ0) is 14.7. The van der Waals surface area contributed by atoms with E-state index in [0.29, 0.717) is 18.6 Å². The zero-order valence-electron chi connectivity index (χ0n) is 12.3. The van der Waals surface area contributed by atoms with E-state index in [1.807, 2.05) is 18.2 Å². The van der Waals surface area contributed by atoms with Crippen LogP contribution in [-0.4, -0.2) is 29.4 Å². The lowest BCUT2D eigenvalue weighted by molar-refractivity contribution is 0.0532. The molecule has 1 aromatic carbocycles. The second-order valence-corrected chi connectivity index (χ2v) is 5.71. The molecule has 21 heavy (non-hydrogen) atoms. The fraction of sp³-hybridized carbons (Fsp3) is 0.562. The Morgan fingerprint density at radius 2 is 2.14 bits per heavy atom. The average molecular weight is 309 g/mol.